The molecule has 23 heavy (non-hydrogen) atoms. The van der Waals surface area contributed by atoms with Crippen LogP contribution in [0, 0.1) is 0 Å². The Bertz CT molecular complexity index is 610. The van der Waals surface area contributed by atoms with Gasteiger partial charge in [0.05, 0.1) is 25.6 Å². The molecular formula is C16H20N2O5. The molecule has 0 bridgehead atoms. The number of carbonyl (C=O) groups excluding carboxylic acids is 2. The highest BCUT2D eigenvalue weighted by atomic mass is 16.5. The predicted molar refractivity (Wildman–Crippen MR) is 82.3 cm³/mol. The molecule has 7 heteroatoms. The van der Waals surface area contributed by atoms with E-state index in [1.807, 2.05) is 0 Å². The second-order valence-electron chi connectivity index (χ2n) is 5.67. The fourth-order valence-electron chi connectivity index (χ4n) is 2.61. The van der Waals surface area contributed by atoms with Crippen LogP contribution in [0.3, 0.4) is 0 Å². The lowest BCUT2D eigenvalue weighted by Gasteiger charge is -2.41. The van der Waals surface area contributed by atoms with E-state index < -0.39 is 11.5 Å². The average molecular weight is 320 g/mol. The zero-order chi connectivity index (χ0) is 16.9. The molecule has 0 radical (unpaired) electrons. The monoisotopic (exact) mass is 320 g/mol. The zero-order valence-corrected chi connectivity index (χ0v) is 12.9. The number of amides is 2. The number of hydrogen-bond donors (Lipinski definition) is 3. The van der Waals surface area contributed by atoms with Gasteiger partial charge >= 0.3 is 5.97 Å². The minimum absolute atomic E-state index is 0.0947. The van der Waals surface area contributed by atoms with Crippen LogP contribution in [-0.4, -0.2) is 42.1 Å². The molecule has 0 aliphatic heterocycles. The number of aliphatic carboxylic acids is 1. The number of benzene rings is 1. The molecule has 1 aromatic carbocycles. The van der Waals surface area contributed by atoms with Gasteiger partial charge in [-0.3, -0.25) is 14.4 Å². The Balaban J connectivity index is 1.86. The fraction of sp³-hybridized carbons (Fsp3) is 0.438. The summed E-state index contributed by atoms with van der Waals surface area (Å²) in [6.45, 7) is -0.197. The van der Waals surface area contributed by atoms with Crippen molar-refractivity contribution in [1.82, 2.24) is 10.6 Å². The van der Waals surface area contributed by atoms with Gasteiger partial charge in [-0.25, -0.2) is 0 Å². The number of carbonyl (C=O) groups is 3. The molecule has 1 aliphatic carbocycles. The van der Waals surface area contributed by atoms with Crippen LogP contribution in [0.25, 0.3) is 0 Å². The van der Waals surface area contributed by atoms with Crippen LogP contribution >= 0.6 is 0 Å². The van der Waals surface area contributed by atoms with Crippen molar-refractivity contribution in [2.24, 2.45) is 0 Å². The Hall–Kier alpha value is -2.57. The standard InChI is InChI=1S/C16H20N2O5/c1-23-12-5-2-4-11(8-12)15(22)17-10-13(19)18-16(6-3-7-16)9-14(20)21/h2,4-5,8H,3,6-7,9-10H2,1H3,(H,17,22)(H,18,19)(H,20,21). The van der Waals surface area contributed by atoms with Crippen LogP contribution in [0.15, 0.2) is 24.3 Å². The summed E-state index contributed by atoms with van der Waals surface area (Å²) in [5.41, 5.74) is -0.273. The van der Waals surface area contributed by atoms with Gasteiger partial charge < -0.3 is 20.5 Å². The molecule has 2 amide bonds. The van der Waals surface area contributed by atoms with Gasteiger partial charge in [-0.15, -0.1) is 0 Å². The van der Waals surface area contributed by atoms with E-state index in [0.29, 0.717) is 24.2 Å². The Morgan fingerprint density at radius 3 is 2.61 bits per heavy atom. The Morgan fingerprint density at radius 2 is 2.04 bits per heavy atom. The van der Waals surface area contributed by atoms with Crippen LogP contribution < -0.4 is 15.4 Å². The summed E-state index contributed by atoms with van der Waals surface area (Å²) >= 11 is 0. The van der Waals surface area contributed by atoms with E-state index in [-0.39, 0.29) is 24.8 Å². The lowest BCUT2D eigenvalue weighted by atomic mass is 9.74. The molecule has 7 nitrogen and oxygen atoms in total. The number of rotatable bonds is 7. The van der Waals surface area contributed by atoms with E-state index in [9.17, 15) is 14.4 Å². The van der Waals surface area contributed by atoms with E-state index in [1.165, 1.54) is 7.11 Å². The number of ether oxygens (including phenoxy) is 1. The van der Waals surface area contributed by atoms with Gasteiger partial charge in [0.1, 0.15) is 5.75 Å². The Kier molecular flexibility index (Phi) is 5.20. The molecule has 1 saturated carbocycles. The van der Waals surface area contributed by atoms with E-state index >= 15 is 0 Å². The third-order valence-electron chi connectivity index (χ3n) is 3.95. The van der Waals surface area contributed by atoms with Crippen LogP contribution in [0.5, 0.6) is 5.75 Å². The number of methoxy groups -OCH3 is 1. The third-order valence-corrected chi connectivity index (χ3v) is 3.95. The summed E-state index contributed by atoms with van der Waals surface area (Å²) in [7, 11) is 1.50. The second-order valence-corrected chi connectivity index (χ2v) is 5.67. The minimum atomic E-state index is -0.939. The quantitative estimate of drug-likeness (QED) is 0.693. The molecule has 0 spiro atoms. The molecular weight excluding hydrogens is 300 g/mol. The summed E-state index contributed by atoms with van der Waals surface area (Å²) in [4.78, 5) is 34.8. The SMILES string of the molecule is COc1cccc(C(=O)NCC(=O)NC2(CC(=O)O)CCC2)c1. The maximum atomic E-state index is 12.0. The first-order valence-electron chi connectivity index (χ1n) is 7.39. The summed E-state index contributed by atoms with van der Waals surface area (Å²) in [6, 6.07) is 6.60. The molecule has 124 valence electrons. The van der Waals surface area contributed by atoms with Crippen LogP contribution in [0.2, 0.25) is 0 Å². The molecule has 0 heterocycles. The zero-order valence-electron chi connectivity index (χ0n) is 12.9. The smallest absolute Gasteiger partial charge is 0.305 e. The number of hydrogen-bond acceptors (Lipinski definition) is 4. The van der Waals surface area contributed by atoms with Crippen molar-refractivity contribution >= 4 is 17.8 Å². The van der Waals surface area contributed by atoms with Crippen LogP contribution in [0.1, 0.15) is 36.0 Å². The highest BCUT2D eigenvalue weighted by Crippen LogP contribution is 2.34. The van der Waals surface area contributed by atoms with Gasteiger partial charge in [0.15, 0.2) is 0 Å². The molecule has 0 unspecified atom stereocenters. The van der Waals surface area contributed by atoms with Gasteiger partial charge in [0.2, 0.25) is 5.91 Å². The normalized spacial score (nSPS) is 15.2. The molecule has 2 rings (SSSR count). The van der Waals surface area contributed by atoms with Crippen molar-refractivity contribution in [3.63, 3.8) is 0 Å². The van der Waals surface area contributed by atoms with Crippen molar-refractivity contribution < 1.29 is 24.2 Å². The first-order valence-corrected chi connectivity index (χ1v) is 7.39. The Morgan fingerprint density at radius 1 is 1.30 bits per heavy atom. The van der Waals surface area contributed by atoms with Crippen molar-refractivity contribution in [3.05, 3.63) is 29.8 Å². The highest BCUT2D eigenvalue weighted by molar-refractivity contribution is 5.96. The predicted octanol–water partition coefficient (Wildman–Crippen LogP) is 0.939. The van der Waals surface area contributed by atoms with E-state index in [1.54, 1.807) is 24.3 Å². The average Bonchev–Trinajstić information content (AvgIpc) is 2.50. The maximum Gasteiger partial charge on any atom is 0.305 e. The van der Waals surface area contributed by atoms with Gasteiger partial charge in [-0.1, -0.05) is 6.07 Å². The Labute approximate surface area is 134 Å². The van der Waals surface area contributed by atoms with E-state index in [4.69, 9.17) is 9.84 Å². The second kappa shape index (κ2) is 7.13. The molecule has 0 saturated heterocycles. The van der Waals surface area contributed by atoms with Crippen LogP contribution in [0.4, 0.5) is 0 Å². The fourth-order valence-corrected chi connectivity index (χ4v) is 2.61. The van der Waals surface area contributed by atoms with Crippen molar-refractivity contribution in [2.75, 3.05) is 13.7 Å². The topological polar surface area (TPSA) is 105 Å². The van der Waals surface area contributed by atoms with Crippen molar-refractivity contribution in [3.8, 4) is 5.75 Å². The molecule has 3 N–H and O–H groups in total. The van der Waals surface area contributed by atoms with Gasteiger partial charge in [0, 0.05) is 5.56 Å². The molecule has 1 aromatic rings. The third kappa shape index (κ3) is 4.45. The van der Waals surface area contributed by atoms with Gasteiger partial charge in [-0.2, -0.15) is 0 Å². The number of carboxylic acid groups (broad SMARTS) is 1. The van der Waals surface area contributed by atoms with Gasteiger partial charge in [0.25, 0.3) is 5.91 Å². The summed E-state index contributed by atoms with van der Waals surface area (Å²) in [6.07, 6.45) is 2.09. The minimum Gasteiger partial charge on any atom is -0.497 e. The summed E-state index contributed by atoms with van der Waals surface area (Å²) in [5, 5.41) is 14.2. The molecule has 0 atom stereocenters. The lowest BCUT2D eigenvalue weighted by Crippen LogP contribution is -2.56. The maximum absolute atomic E-state index is 12.0. The van der Waals surface area contributed by atoms with Gasteiger partial charge in [-0.05, 0) is 37.5 Å². The molecule has 1 fully saturated rings. The lowest BCUT2D eigenvalue weighted by molar-refractivity contribution is -0.140. The largest absolute Gasteiger partial charge is 0.497 e. The number of nitrogens with one attached hydrogen (secondary N) is 2. The van der Waals surface area contributed by atoms with E-state index in [2.05, 4.69) is 10.6 Å². The summed E-state index contributed by atoms with van der Waals surface area (Å²) < 4.78 is 5.04. The van der Waals surface area contributed by atoms with Crippen LogP contribution in [-0.2, 0) is 9.59 Å². The first-order chi connectivity index (χ1) is 10.9. The highest BCUT2D eigenvalue weighted by Gasteiger charge is 2.40. The van der Waals surface area contributed by atoms with Crippen molar-refractivity contribution in [2.45, 2.75) is 31.2 Å². The molecule has 1 aliphatic rings. The van der Waals surface area contributed by atoms with E-state index in [0.717, 1.165) is 6.42 Å². The number of carboxylic acids is 1. The first kappa shape index (κ1) is 16.8. The summed E-state index contributed by atoms with van der Waals surface area (Å²) in [5.74, 6) is -1.16. The van der Waals surface area contributed by atoms with Crippen molar-refractivity contribution in [1.29, 1.82) is 0 Å². The molecule has 0 aromatic heterocycles.